The van der Waals surface area contributed by atoms with Crippen LogP contribution < -0.4 is 4.74 Å². The zero-order valence-electron chi connectivity index (χ0n) is 21.4. The van der Waals surface area contributed by atoms with Crippen molar-refractivity contribution in [2.45, 2.75) is 57.3 Å². The second-order valence-corrected chi connectivity index (χ2v) is 9.03. The van der Waals surface area contributed by atoms with Crippen LogP contribution in [0, 0.1) is 0 Å². The summed E-state index contributed by atoms with van der Waals surface area (Å²) in [5.41, 5.74) is 2.56. The molecule has 0 bridgehead atoms. The molecule has 0 aromatic heterocycles. The van der Waals surface area contributed by atoms with Crippen molar-refractivity contribution in [1.82, 2.24) is 0 Å². The van der Waals surface area contributed by atoms with E-state index in [0.29, 0.717) is 5.75 Å². The highest BCUT2D eigenvalue weighted by molar-refractivity contribution is 5.91. The Bertz CT molecular complexity index is 1170. The lowest BCUT2D eigenvalue weighted by atomic mass is 9.85. The van der Waals surface area contributed by atoms with Crippen LogP contribution in [0.1, 0.15) is 23.6 Å². The number of aliphatic hydroxyl groups excluding tert-OH is 1. The number of ether oxygens (including phenoxy) is 5. The number of ketones is 1. The molecule has 0 saturated heterocycles. The van der Waals surface area contributed by atoms with Gasteiger partial charge >= 0.3 is 5.97 Å². The van der Waals surface area contributed by atoms with Crippen molar-refractivity contribution in [1.29, 1.82) is 0 Å². The van der Waals surface area contributed by atoms with Gasteiger partial charge in [0.25, 0.3) is 0 Å². The normalized spacial score (nSPS) is 23.1. The quantitative estimate of drug-likeness (QED) is 0.383. The van der Waals surface area contributed by atoms with E-state index in [1.165, 1.54) is 6.92 Å². The maximum atomic E-state index is 13.5. The molecule has 3 aromatic rings. The summed E-state index contributed by atoms with van der Waals surface area (Å²) in [4.78, 5) is 25.3. The fourth-order valence-electron chi connectivity index (χ4n) is 4.33. The second kappa shape index (κ2) is 13.3. The Kier molecular flexibility index (Phi) is 9.62. The largest absolute Gasteiger partial charge is 0.497 e. The molecule has 0 heterocycles. The Balaban J connectivity index is 1.61. The fourth-order valence-corrected chi connectivity index (χ4v) is 4.33. The van der Waals surface area contributed by atoms with E-state index in [9.17, 15) is 14.7 Å². The second-order valence-electron chi connectivity index (χ2n) is 9.03. The Morgan fingerprint density at radius 1 is 0.711 bits per heavy atom. The highest BCUT2D eigenvalue weighted by Gasteiger charge is 2.53. The van der Waals surface area contributed by atoms with Crippen molar-refractivity contribution in [2.75, 3.05) is 7.11 Å². The number of methoxy groups -OCH3 is 1. The van der Waals surface area contributed by atoms with Gasteiger partial charge in [-0.25, -0.2) is 0 Å². The summed E-state index contributed by atoms with van der Waals surface area (Å²) in [6.07, 6.45) is -6.04. The van der Waals surface area contributed by atoms with Crippen LogP contribution in [0.2, 0.25) is 0 Å². The molecular weight excluding hydrogens is 488 g/mol. The Morgan fingerprint density at radius 3 is 1.74 bits per heavy atom. The van der Waals surface area contributed by atoms with Crippen LogP contribution in [0.15, 0.2) is 84.9 Å². The molecule has 0 aliphatic heterocycles. The fraction of sp³-hybridized carbons (Fsp3) is 0.333. The minimum Gasteiger partial charge on any atom is -0.497 e. The van der Waals surface area contributed by atoms with Crippen molar-refractivity contribution in [3.05, 3.63) is 102 Å². The van der Waals surface area contributed by atoms with E-state index < -0.39 is 42.3 Å². The van der Waals surface area contributed by atoms with Crippen LogP contribution in [0.25, 0.3) is 0 Å². The van der Waals surface area contributed by atoms with Crippen LogP contribution in [0.5, 0.6) is 5.75 Å². The molecule has 1 aliphatic rings. The monoisotopic (exact) mass is 520 g/mol. The predicted molar refractivity (Wildman–Crippen MR) is 138 cm³/mol. The van der Waals surface area contributed by atoms with Crippen LogP contribution >= 0.6 is 0 Å². The van der Waals surface area contributed by atoms with Crippen LogP contribution in [0.4, 0.5) is 0 Å². The number of hydrogen-bond donors (Lipinski definition) is 1. The summed E-state index contributed by atoms with van der Waals surface area (Å²) in [5, 5.41) is 11.2. The van der Waals surface area contributed by atoms with Gasteiger partial charge in [0.05, 0.1) is 26.9 Å². The van der Waals surface area contributed by atoms with Gasteiger partial charge in [-0.05, 0) is 28.8 Å². The van der Waals surface area contributed by atoms with E-state index in [1.807, 2.05) is 84.9 Å². The summed E-state index contributed by atoms with van der Waals surface area (Å²) in [6, 6.07) is 26.1. The molecule has 38 heavy (non-hydrogen) atoms. The smallest absolute Gasteiger partial charge is 0.303 e. The van der Waals surface area contributed by atoms with E-state index in [2.05, 4.69) is 0 Å². The number of carbonyl (C=O) groups is 2. The van der Waals surface area contributed by atoms with E-state index >= 15 is 0 Å². The van der Waals surface area contributed by atoms with Crippen LogP contribution in [0.3, 0.4) is 0 Å². The zero-order valence-corrected chi connectivity index (χ0v) is 21.4. The van der Waals surface area contributed by atoms with Gasteiger partial charge in [-0.3, -0.25) is 9.59 Å². The number of aliphatic hydroxyl groups is 1. The molecule has 8 heteroatoms. The molecular formula is C30H32O8. The molecule has 4 rings (SSSR count). The zero-order chi connectivity index (χ0) is 26.9. The number of carbonyl (C=O) groups excluding carboxylic acids is 2. The molecule has 1 fully saturated rings. The number of hydrogen-bond acceptors (Lipinski definition) is 8. The summed E-state index contributed by atoms with van der Waals surface area (Å²) in [7, 11) is 1.59. The molecule has 0 radical (unpaired) electrons. The molecule has 0 unspecified atom stereocenters. The summed E-state index contributed by atoms with van der Waals surface area (Å²) < 4.78 is 28.9. The maximum Gasteiger partial charge on any atom is 0.303 e. The third-order valence-electron chi connectivity index (χ3n) is 6.28. The topological polar surface area (TPSA) is 101 Å². The Morgan fingerprint density at radius 2 is 1.21 bits per heavy atom. The van der Waals surface area contributed by atoms with Gasteiger partial charge in [-0.2, -0.15) is 0 Å². The molecule has 1 saturated carbocycles. The number of rotatable bonds is 11. The molecule has 3 aromatic carbocycles. The lowest BCUT2D eigenvalue weighted by Crippen LogP contribution is -2.64. The standard InChI is InChI=1S/C30H32O8/c1-20(31)38-27-25(32)28(35-17-21-9-5-3-6-10-21)30(37-19-23-13-15-24(34-2)16-14-23)29(26(27)33)36-18-22-11-7-4-8-12-22/h3-16,25,27-30,32H,17-19H2,1-2H3/t25-,27+,28-,29+,30+/m0/s1. The van der Waals surface area contributed by atoms with Gasteiger partial charge in [0.15, 0.2) is 6.10 Å². The third-order valence-corrected chi connectivity index (χ3v) is 6.28. The first kappa shape index (κ1) is 27.5. The van der Waals surface area contributed by atoms with Crippen molar-refractivity contribution < 1.29 is 38.4 Å². The van der Waals surface area contributed by atoms with Gasteiger partial charge in [0.2, 0.25) is 5.78 Å². The number of Topliss-reactive ketones (excluding diaryl/α,β-unsaturated/α-hetero) is 1. The van der Waals surface area contributed by atoms with E-state index in [4.69, 9.17) is 23.7 Å². The predicted octanol–water partition coefficient (Wildman–Crippen LogP) is 3.63. The van der Waals surface area contributed by atoms with Crippen molar-refractivity contribution >= 4 is 11.8 Å². The highest BCUT2D eigenvalue weighted by atomic mass is 16.6. The van der Waals surface area contributed by atoms with Gasteiger partial charge < -0.3 is 28.8 Å². The molecule has 200 valence electrons. The highest BCUT2D eigenvalue weighted by Crippen LogP contribution is 2.30. The van der Waals surface area contributed by atoms with Gasteiger partial charge in [-0.1, -0.05) is 72.8 Å². The van der Waals surface area contributed by atoms with E-state index in [-0.39, 0.29) is 19.8 Å². The molecule has 0 spiro atoms. The lowest BCUT2D eigenvalue weighted by Gasteiger charge is -2.42. The molecule has 5 atom stereocenters. The first-order valence-corrected chi connectivity index (χ1v) is 12.4. The first-order valence-electron chi connectivity index (χ1n) is 12.4. The van der Waals surface area contributed by atoms with Gasteiger partial charge in [-0.15, -0.1) is 0 Å². The Labute approximate surface area is 222 Å². The average molecular weight is 521 g/mol. The third kappa shape index (κ3) is 7.05. The van der Waals surface area contributed by atoms with Crippen molar-refractivity contribution in [3.8, 4) is 5.75 Å². The van der Waals surface area contributed by atoms with Crippen LogP contribution in [-0.2, 0) is 48.4 Å². The molecule has 1 aliphatic carbocycles. The molecule has 1 N–H and O–H groups in total. The van der Waals surface area contributed by atoms with Crippen molar-refractivity contribution in [3.63, 3.8) is 0 Å². The average Bonchev–Trinajstić information content (AvgIpc) is 2.94. The minimum atomic E-state index is -1.45. The van der Waals surface area contributed by atoms with Gasteiger partial charge in [0, 0.05) is 6.92 Å². The Hall–Kier alpha value is -3.56. The summed E-state index contributed by atoms with van der Waals surface area (Å²) >= 11 is 0. The summed E-state index contributed by atoms with van der Waals surface area (Å²) in [6.45, 7) is 1.58. The van der Waals surface area contributed by atoms with Crippen LogP contribution in [-0.4, -0.2) is 54.5 Å². The minimum absolute atomic E-state index is 0.119. The molecule has 0 amide bonds. The van der Waals surface area contributed by atoms with E-state index in [1.54, 1.807) is 7.11 Å². The van der Waals surface area contributed by atoms with Crippen molar-refractivity contribution in [2.24, 2.45) is 0 Å². The number of esters is 1. The lowest BCUT2D eigenvalue weighted by molar-refractivity contribution is -0.225. The van der Waals surface area contributed by atoms with Gasteiger partial charge in [0.1, 0.15) is 30.2 Å². The molecule has 8 nitrogen and oxygen atoms in total. The SMILES string of the molecule is COc1ccc(CO[C@@H]2[C@@H](OCc3ccccc3)[C@@H](O)[C@@H](OC(C)=O)C(=O)[C@H]2OCc2ccccc2)cc1. The first-order chi connectivity index (χ1) is 18.5. The van der Waals surface area contributed by atoms with E-state index in [0.717, 1.165) is 16.7 Å². The number of benzene rings is 3. The summed E-state index contributed by atoms with van der Waals surface area (Å²) in [5.74, 6) is -0.569. The maximum absolute atomic E-state index is 13.5.